The zero-order valence-electron chi connectivity index (χ0n) is 32.1. The van der Waals surface area contributed by atoms with Gasteiger partial charge in [-0.15, -0.1) is 0 Å². The average molecular weight is 753 g/mol. The van der Waals surface area contributed by atoms with Gasteiger partial charge in [0.2, 0.25) is 0 Å². The molecule has 0 aliphatic heterocycles. The standard InChI is InChI=1S/C56H36N2O/c1-3-14-37(15-4-1)39-26-30-43(31-27-39)57(44-32-28-38-16-7-8-18-41(38)34-44)45-35-50(56-51(36-45)54-46-21-10-9-17-40(46)29-33-53(54)59-56)49-24-13-23-48-47-22-11-12-25-52(47)58(55(48)49)42-19-5-2-6-20-42/h1-36H. The second-order valence-electron chi connectivity index (χ2n) is 15.3. The van der Waals surface area contributed by atoms with Crippen molar-refractivity contribution in [2.24, 2.45) is 0 Å². The van der Waals surface area contributed by atoms with Gasteiger partial charge < -0.3 is 13.9 Å². The highest BCUT2D eigenvalue weighted by Crippen LogP contribution is 2.48. The molecule has 276 valence electrons. The highest BCUT2D eigenvalue weighted by Gasteiger charge is 2.24. The Morgan fingerprint density at radius 3 is 1.85 bits per heavy atom. The Balaban J connectivity index is 1.20. The molecule has 0 atom stereocenters. The van der Waals surface area contributed by atoms with Crippen molar-refractivity contribution in [2.45, 2.75) is 0 Å². The number of furan rings is 1. The highest BCUT2D eigenvalue weighted by atomic mass is 16.3. The first-order valence-electron chi connectivity index (χ1n) is 20.2. The number of para-hydroxylation sites is 3. The second kappa shape index (κ2) is 13.4. The van der Waals surface area contributed by atoms with Crippen LogP contribution >= 0.6 is 0 Å². The van der Waals surface area contributed by atoms with Gasteiger partial charge >= 0.3 is 0 Å². The van der Waals surface area contributed by atoms with Gasteiger partial charge in [0.25, 0.3) is 0 Å². The minimum Gasteiger partial charge on any atom is -0.455 e. The first-order valence-corrected chi connectivity index (χ1v) is 20.2. The Morgan fingerprint density at radius 2 is 1.02 bits per heavy atom. The summed E-state index contributed by atoms with van der Waals surface area (Å²) >= 11 is 0. The number of hydrogen-bond acceptors (Lipinski definition) is 2. The zero-order valence-corrected chi connectivity index (χ0v) is 32.1. The molecule has 3 heteroatoms. The van der Waals surface area contributed by atoms with E-state index in [-0.39, 0.29) is 0 Å². The number of rotatable bonds is 6. The summed E-state index contributed by atoms with van der Waals surface area (Å²) in [6, 6.07) is 78.7. The van der Waals surface area contributed by atoms with Crippen molar-refractivity contribution in [3.63, 3.8) is 0 Å². The van der Waals surface area contributed by atoms with Gasteiger partial charge in [-0.3, -0.25) is 0 Å². The van der Waals surface area contributed by atoms with Gasteiger partial charge in [-0.1, -0.05) is 158 Å². The summed E-state index contributed by atoms with van der Waals surface area (Å²) in [4.78, 5) is 2.40. The molecule has 0 fully saturated rings. The van der Waals surface area contributed by atoms with Gasteiger partial charge in [0.05, 0.1) is 11.0 Å². The number of benzene rings is 10. The minimum absolute atomic E-state index is 0.871. The topological polar surface area (TPSA) is 21.3 Å². The molecule has 3 nitrogen and oxygen atoms in total. The van der Waals surface area contributed by atoms with Crippen LogP contribution in [0.1, 0.15) is 0 Å². The third-order valence-electron chi connectivity index (χ3n) is 11.9. The number of aromatic nitrogens is 1. The van der Waals surface area contributed by atoms with E-state index in [1.165, 1.54) is 49.0 Å². The predicted molar refractivity (Wildman–Crippen MR) is 249 cm³/mol. The lowest BCUT2D eigenvalue weighted by Gasteiger charge is -2.27. The normalized spacial score (nSPS) is 11.7. The van der Waals surface area contributed by atoms with E-state index < -0.39 is 0 Å². The SMILES string of the molecule is c1ccc(-c2ccc(N(c3ccc4ccccc4c3)c3cc(-c4cccc5c6ccccc6n(-c6ccccc6)c45)c4oc5ccc6ccccc6c5c4c3)cc2)cc1. The van der Waals surface area contributed by atoms with E-state index in [1.54, 1.807) is 0 Å². The first kappa shape index (κ1) is 33.3. The summed E-state index contributed by atoms with van der Waals surface area (Å²) in [5.41, 5.74) is 12.9. The third-order valence-corrected chi connectivity index (χ3v) is 11.9. The minimum atomic E-state index is 0.871. The maximum absolute atomic E-state index is 7.06. The van der Waals surface area contributed by atoms with Gasteiger partial charge in [-0.2, -0.15) is 0 Å². The van der Waals surface area contributed by atoms with Crippen molar-refractivity contribution >= 4 is 82.4 Å². The molecule has 0 amide bonds. The lowest BCUT2D eigenvalue weighted by Crippen LogP contribution is -2.10. The van der Waals surface area contributed by atoms with Gasteiger partial charge in [0, 0.05) is 55.4 Å². The average Bonchev–Trinajstić information content (AvgIpc) is 3.86. The molecule has 10 aromatic carbocycles. The van der Waals surface area contributed by atoms with Crippen molar-refractivity contribution in [3.05, 3.63) is 218 Å². The lowest BCUT2D eigenvalue weighted by molar-refractivity contribution is 0.670. The molecule has 0 N–H and O–H groups in total. The summed E-state index contributed by atoms with van der Waals surface area (Å²) in [6.45, 7) is 0. The van der Waals surface area contributed by atoms with E-state index in [1.807, 2.05) is 0 Å². The van der Waals surface area contributed by atoms with Gasteiger partial charge in [-0.25, -0.2) is 0 Å². The van der Waals surface area contributed by atoms with Gasteiger partial charge in [0.15, 0.2) is 0 Å². The molecule has 0 aliphatic rings. The molecule has 0 bridgehead atoms. The fourth-order valence-electron chi connectivity index (χ4n) is 9.24. The Bertz CT molecular complexity index is 3540. The van der Waals surface area contributed by atoms with Crippen LogP contribution in [-0.4, -0.2) is 4.57 Å². The molecular formula is C56H36N2O. The van der Waals surface area contributed by atoms with Crippen LogP contribution in [0.3, 0.4) is 0 Å². The summed E-state index contributed by atoms with van der Waals surface area (Å²) in [5.74, 6) is 0. The van der Waals surface area contributed by atoms with Crippen molar-refractivity contribution < 1.29 is 4.42 Å². The van der Waals surface area contributed by atoms with Gasteiger partial charge in [-0.05, 0) is 93.3 Å². The molecular weight excluding hydrogens is 717 g/mol. The molecule has 0 saturated heterocycles. The largest absolute Gasteiger partial charge is 0.455 e. The van der Waals surface area contributed by atoms with E-state index in [4.69, 9.17) is 4.42 Å². The molecule has 0 aliphatic carbocycles. The number of fused-ring (bicyclic) bond motifs is 9. The molecule has 0 radical (unpaired) electrons. The summed E-state index contributed by atoms with van der Waals surface area (Å²) < 4.78 is 9.47. The maximum atomic E-state index is 7.06. The van der Waals surface area contributed by atoms with E-state index >= 15 is 0 Å². The molecule has 12 aromatic rings. The van der Waals surface area contributed by atoms with Crippen LogP contribution in [0.15, 0.2) is 223 Å². The maximum Gasteiger partial charge on any atom is 0.143 e. The van der Waals surface area contributed by atoms with Crippen LogP contribution in [-0.2, 0) is 0 Å². The molecule has 0 spiro atoms. The zero-order chi connectivity index (χ0) is 38.9. The quantitative estimate of drug-likeness (QED) is 0.169. The van der Waals surface area contributed by atoms with Crippen LogP contribution in [0.2, 0.25) is 0 Å². The predicted octanol–water partition coefficient (Wildman–Crippen LogP) is 15.8. The first-order chi connectivity index (χ1) is 29.3. The molecule has 0 unspecified atom stereocenters. The Kier molecular flexibility index (Phi) is 7.54. The molecule has 59 heavy (non-hydrogen) atoms. The van der Waals surface area contributed by atoms with Crippen molar-refractivity contribution in [1.82, 2.24) is 4.57 Å². The monoisotopic (exact) mass is 752 g/mol. The van der Waals surface area contributed by atoms with E-state index in [0.29, 0.717) is 0 Å². The van der Waals surface area contributed by atoms with Crippen LogP contribution < -0.4 is 4.90 Å². The Morgan fingerprint density at radius 1 is 0.373 bits per heavy atom. The second-order valence-corrected chi connectivity index (χ2v) is 15.3. The Labute approximate surface area is 341 Å². The summed E-state index contributed by atoms with van der Waals surface area (Å²) in [6.07, 6.45) is 0. The fourth-order valence-corrected chi connectivity index (χ4v) is 9.24. The van der Waals surface area contributed by atoms with E-state index in [9.17, 15) is 0 Å². The molecule has 0 saturated carbocycles. The number of hydrogen-bond donors (Lipinski definition) is 0. The van der Waals surface area contributed by atoms with Gasteiger partial charge in [0.1, 0.15) is 11.2 Å². The fraction of sp³-hybridized carbons (Fsp3) is 0. The van der Waals surface area contributed by atoms with Crippen molar-refractivity contribution in [3.8, 4) is 27.9 Å². The van der Waals surface area contributed by atoms with Crippen molar-refractivity contribution in [1.29, 1.82) is 0 Å². The highest BCUT2D eigenvalue weighted by molar-refractivity contribution is 6.23. The summed E-state index contributed by atoms with van der Waals surface area (Å²) in [5, 5.41) is 9.37. The van der Waals surface area contributed by atoms with Crippen molar-refractivity contribution in [2.75, 3.05) is 4.90 Å². The number of nitrogens with zero attached hydrogens (tertiary/aromatic N) is 2. The van der Waals surface area contributed by atoms with Crippen LogP contribution in [0.4, 0.5) is 17.1 Å². The number of anilines is 3. The van der Waals surface area contributed by atoms with Crippen LogP contribution in [0, 0.1) is 0 Å². The molecule has 12 rings (SSSR count). The third kappa shape index (κ3) is 5.36. The van der Waals surface area contributed by atoms with Crippen LogP contribution in [0.25, 0.3) is 93.2 Å². The summed E-state index contributed by atoms with van der Waals surface area (Å²) in [7, 11) is 0. The molecule has 2 heterocycles. The smallest absolute Gasteiger partial charge is 0.143 e. The molecule has 2 aromatic heterocycles. The Hall–Kier alpha value is -7.88. The van der Waals surface area contributed by atoms with E-state index in [0.717, 1.165) is 61.3 Å². The lowest BCUT2D eigenvalue weighted by atomic mass is 9.96. The van der Waals surface area contributed by atoms with Crippen LogP contribution in [0.5, 0.6) is 0 Å². The van der Waals surface area contributed by atoms with E-state index in [2.05, 4.69) is 228 Å².